The maximum absolute atomic E-state index is 12.0. The van der Waals surface area contributed by atoms with Crippen molar-refractivity contribution in [3.63, 3.8) is 0 Å². The van der Waals surface area contributed by atoms with Gasteiger partial charge in [-0.05, 0) is 24.6 Å². The van der Waals surface area contributed by atoms with Crippen molar-refractivity contribution in [2.45, 2.75) is 13.0 Å². The lowest BCUT2D eigenvalue weighted by Crippen LogP contribution is -2.12. The Labute approximate surface area is 118 Å². The molecule has 0 radical (unpaired) electrons. The molecular weight excluding hydrogens is 260 g/mol. The van der Waals surface area contributed by atoms with E-state index >= 15 is 0 Å². The molecular formula is C16H15ClO2. The molecule has 0 amide bonds. The molecule has 0 aliphatic rings. The molecule has 2 rings (SSSR count). The van der Waals surface area contributed by atoms with Crippen LogP contribution in [0.5, 0.6) is 0 Å². The van der Waals surface area contributed by atoms with Crippen LogP contribution in [0.1, 0.15) is 28.9 Å². The van der Waals surface area contributed by atoms with Crippen molar-refractivity contribution in [3.05, 3.63) is 70.7 Å². The Morgan fingerprint density at radius 1 is 1.11 bits per heavy atom. The fourth-order valence-electron chi connectivity index (χ4n) is 1.79. The van der Waals surface area contributed by atoms with E-state index in [1.54, 1.807) is 24.3 Å². The molecule has 2 aromatic carbocycles. The third-order valence-electron chi connectivity index (χ3n) is 2.91. The average molecular weight is 275 g/mol. The van der Waals surface area contributed by atoms with Crippen molar-refractivity contribution in [1.82, 2.24) is 0 Å². The monoisotopic (exact) mass is 274 g/mol. The molecule has 2 aromatic rings. The first-order valence-corrected chi connectivity index (χ1v) is 6.50. The van der Waals surface area contributed by atoms with E-state index in [1.165, 1.54) is 0 Å². The van der Waals surface area contributed by atoms with Crippen LogP contribution in [-0.2, 0) is 4.74 Å². The standard InChI is InChI=1S/C16H15ClO2/c1-12(13-7-3-2-4-8-13)19-11-16(18)14-9-5-6-10-15(14)17/h2-10,12H,11H2,1H3. The molecule has 0 saturated heterocycles. The van der Waals surface area contributed by atoms with Crippen molar-refractivity contribution >= 4 is 17.4 Å². The first-order chi connectivity index (χ1) is 9.18. The highest BCUT2D eigenvalue weighted by atomic mass is 35.5. The summed E-state index contributed by atoms with van der Waals surface area (Å²) in [6.45, 7) is 1.95. The molecule has 0 heterocycles. The van der Waals surface area contributed by atoms with Crippen LogP contribution in [-0.4, -0.2) is 12.4 Å². The fourth-order valence-corrected chi connectivity index (χ4v) is 2.03. The van der Waals surface area contributed by atoms with Gasteiger partial charge in [-0.3, -0.25) is 4.79 Å². The summed E-state index contributed by atoms with van der Waals surface area (Å²) in [6.07, 6.45) is -0.118. The molecule has 0 aliphatic heterocycles. The Kier molecular flexibility index (Phi) is 4.72. The van der Waals surface area contributed by atoms with Crippen molar-refractivity contribution in [2.75, 3.05) is 6.61 Å². The van der Waals surface area contributed by atoms with Crippen molar-refractivity contribution in [3.8, 4) is 0 Å². The van der Waals surface area contributed by atoms with Crippen LogP contribution < -0.4 is 0 Å². The first kappa shape index (κ1) is 13.8. The summed E-state index contributed by atoms with van der Waals surface area (Å²) in [5.74, 6) is -0.103. The summed E-state index contributed by atoms with van der Waals surface area (Å²) in [4.78, 5) is 12.0. The molecule has 0 bridgehead atoms. The van der Waals surface area contributed by atoms with Crippen molar-refractivity contribution < 1.29 is 9.53 Å². The number of ketones is 1. The zero-order valence-corrected chi connectivity index (χ0v) is 11.4. The van der Waals surface area contributed by atoms with Gasteiger partial charge >= 0.3 is 0 Å². The van der Waals surface area contributed by atoms with Crippen LogP contribution in [0, 0.1) is 0 Å². The largest absolute Gasteiger partial charge is 0.366 e. The van der Waals surface area contributed by atoms with E-state index in [4.69, 9.17) is 16.3 Å². The van der Waals surface area contributed by atoms with E-state index in [1.807, 2.05) is 37.3 Å². The summed E-state index contributed by atoms with van der Waals surface area (Å²) in [5.41, 5.74) is 1.55. The van der Waals surface area contributed by atoms with E-state index in [0.29, 0.717) is 10.6 Å². The molecule has 2 nitrogen and oxygen atoms in total. The van der Waals surface area contributed by atoms with Crippen LogP contribution in [0.15, 0.2) is 54.6 Å². The lowest BCUT2D eigenvalue weighted by atomic mass is 10.1. The molecule has 98 valence electrons. The average Bonchev–Trinajstić information content (AvgIpc) is 2.46. The number of Topliss-reactive ketones (excluding diaryl/α,β-unsaturated/α-hetero) is 1. The van der Waals surface area contributed by atoms with Crippen LogP contribution in [0.25, 0.3) is 0 Å². The van der Waals surface area contributed by atoms with Crippen LogP contribution in [0.3, 0.4) is 0 Å². The Bertz CT molecular complexity index is 552. The minimum Gasteiger partial charge on any atom is -0.366 e. The number of carbonyl (C=O) groups is 1. The first-order valence-electron chi connectivity index (χ1n) is 6.13. The van der Waals surface area contributed by atoms with Crippen molar-refractivity contribution in [2.24, 2.45) is 0 Å². The lowest BCUT2D eigenvalue weighted by molar-refractivity contribution is 0.0521. The molecule has 1 unspecified atom stereocenters. The molecule has 0 aromatic heterocycles. The van der Waals surface area contributed by atoms with E-state index in [9.17, 15) is 4.79 Å². The predicted octanol–water partition coefficient (Wildman–Crippen LogP) is 4.30. The predicted molar refractivity (Wildman–Crippen MR) is 76.6 cm³/mol. The smallest absolute Gasteiger partial charge is 0.189 e. The highest BCUT2D eigenvalue weighted by molar-refractivity contribution is 6.34. The molecule has 0 N–H and O–H groups in total. The zero-order valence-electron chi connectivity index (χ0n) is 10.7. The van der Waals surface area contributed by atoms with Gasteiger partial charge in [-0.25, -0.2) is 0 Å². The third-order valence-corrected chi connectivity index (χ3v) is 3.24. The Balaban J connectivity index is 1.96. The number of rotatable bonds is 5. The van der Waals surface area contributed by atoms with E-state index in [2.05, 4.69) is 0 Å². The number of hydrogen-bond acceptors (Lipinski definition) is 2. The van der Waals surface area contributed by atoms with E-state index < -0.39 is 0 Å². The second kappa shape index (κ2) is 6.50. The van der Waals surface area contributed by atoms with Gasteiger partial charge in [0.05, 0.1) is 11.1 Å². The van der Waals surface area contributed by atoms with Crippen LogP contribution >= 0.6 is 11.6 Å². The highest BCUT2D eigenvalue weighted by Crippen LogP contribution is 2.19. The van der Waals surface area contributed by atoms with Gasteiger partial charge in [0, 0.05) is 5.56 Å². The highest BCUT2D eigenvalue weighted by Gasteiger charge is 2.12. The van der Waals surface area contributed by atoms with Crippen LogP contribution in [0.4, 0.5) is 0 Å². The number of ether oxygens (including phenoxy) is 1. The summed E-state index contributed by atoms with van der Waals surface area (Å²) >= 11 is 5.98. The molecule has 3 heteroatoms. The van der Waals surface area contributed by atoms with Gasteiger partial charge in [0.25, 0.3) is 0 Å². The topological polar surface area (TPSA) is 26.3 Å². The maximum Gasteiger partial charge on any atom is 0.189 e. The Morgan fingerprint density at radius 3 is 2.42 bits per heavy atom. The van der Waals surface area contributed by atoms with Gasteiger partial charge in [-0.15, -0.1) is 0 Å². The van der Waals surface area contributed by atoms with Gasteiger partial charge in [0.15, 0.2) is 5.78 Å². The molecule has 0 saturated carbocycles. The summed E-state index contributed by atoms with van der Waals surface area (Å²) in [5, 5.41) is 0.462. The summed E-state index contributed by atoms with van der Waals surface area (Å²) in [6, 6.07) is 16.8. The third kappa shape index (κ3) is 3.66. The zero-order chi connectivity index (χ0) is 13.7. The lowest BCUT2D eigenvalue weighted by Gasteiger charge is -2.13. The maximum atomic E-state index is 12.0. The van der Waals surface area contributed by atoms with Gasteiger partial charge in [-0.1, -0.05) is 54.1 Å². The second-order valence-electron chi connectivity index (χ2n) is 4.27. The molecule has 0 fully saturated rings. The second-order valence-corrected chi connectivity index (χ2v) is 4.67. The summed E-state index contributed by atoms with van der Waals surface area (Å²) < 4.78 is 5.59. The van der Waals surface area contributed by atoms with Gasteiger partial charge in [-0.2, -0.15) is 0 Å². The normalized spacial score (nSPS) is 12.1. The SMILES string of the molecule is CC(OCC(=O)c1ccccc1Cl)c1ccccc1. The minimum atomic E-state index is -0.118. The number of carbonyl (C=O) groups excluding carboxylic acids is 1. The quantitative estimate of drug-likeness (QED) is 0.760. The Morgan fingerprint density at radius 2 is 1.74 bits per heavy atom. The molecule has 19 heavy (non-hydrogen) atoms. The van der Waals surface area contributed by atoms with Crippen molar-refractivity contribution in [1.29, 1.82) is 0 Å². The van der Waals surface area contributed by atoms with Gasteiger partial charge < -0.3 is 4.74 Å². The summed E-state index contributed by atoms with van der Waals surface area (Å²) in [7, 11) is 0. The minimum absolute atomic E-state index is 0.0276. The van der Waals surface area contributed by atoms with E-state index in [-0.39, 0.29) is 18.5 Å². The Hall–Kier alpha value is -1.64. The van der Waals surface area contributed by atoms with Gasteiger partial charge in [0.2, 0.25) is 0 Å². The van der Waals surface area contributed by atoms with Crippen LogP contribution in [0.2, 0.25) is 5.02 Å². The fraction of sp³-hybridized carbons (Fsp3) is 0.188. The molecule has 0 spiro atoms. The van der Waals surface area contributed by atoms with E-state index in [0.717, 1.165) is 5.56 Å². The van der Waals surface area contributed by atoms with Gasteiger partial charge in [0.1, 0.15) is 6.61 Å². The number of hydrogen-bond donors (Lipinski definition) is 0. The molecule has 0 aliphatic carbocycles. The molecule has 1 atom stereocenters. The number of halogens is 1. The number of benzene rings is 2.